The first-order valence-corrected chi connectivity index (χ1v) is 12.9. The van der Waals surface area contributed by atoms with Crippen molar-refractivity contribution in [3.8, 4) is 0 Å². The van der Waals surface area contributed by atoms with Crippen molar-refractivity contribution in [2.45, 2.75) is 103 Å². The maximum atomic E-state index is 12.6. The quantitative estimate of drug-likeness (QED) is 0.325. The molecule has 1 saturated carbocycles. The molecule has 4 aliphatic heterocycles. The molecule has 0 aromatic heterocycles. The second-order valence-corrected chi connectivity index (χ2v) is 11.8. The maximum absolute atomic E-state index is 12.6. The topological polar surface area (TPSA) is 150 Å². The highest BCUT2D eigenvalue weighted by Gasteiger charge is 2.69. The first-order chi connectivity index (χ1) is 16.8. The van der Waals surface area contributed by atoms with E-state index in [1.165, 1.54) is 13.8 Å². The largest absolute Gasteiger partial charge is 0.479 e. The summed E-state index contributed by atoms with van der Waals surface area (Å²) in [5.74, 6) is -2.83. The molecule has 36 heavy (non-hydrogen) atoms. The van der Waals surface area contributed by atoms with E-state index < -0.39 is 53.3 Å². The molecular formula is C25H39NO10. The minimum atomic E-state index is -1.63. The van der Waals surface area contributed by atoms with Crippen LogP contribution in [0.2, 0.25) is 0 Å². The first-order valence-electron chi connectivity index (χ1n) is 12.9. The predicted molar refractivity (Wildman–Crippen MR) is 123 cm³/mol. The number of hydrogen-bond acceptors (Lipinski definition) is 9. The molecular weight excluding hydrogens is 474 g/mol. The zero-order chi connectivity index (χ0) is 26.5. The lowest BCUT2D eigenvalue weighted by atomic mass is 9.58. The molecule has 1 spiro atoms. The smallest absolute Gasteiger partial charge is 0.333 e. The number of rotatable bonds is 8. The molecule has 5 rings (SSSR count). The molecule has 204 valence electrons. The Labute approximate surface area is 211 Å². The summed E-state index contributed by atoms with van der Waals surface area (Å²) in [6, 6.07) is 0. The zero-order valence-corrected chi connectivity index (χ0v) is 21.7. The number of carboxylic acids is 1. The van der Waals surface area contributed by atoms with Crippen molar-refractivity contribution < 1.29 is 48.6 Å². The monoisotopic (exact) mass is 513 g/mol. The predicted octanol–water partition coefficient (Wildman–Crippen LogP) is 2.11. The normalized spacial score (nSPS) is 40.5. The van der Waals surface area contributed by atoms with E-state index in [-0.39, 0.29) is 37.1 Å². The Bertz CT molecular complexity index is 879. The van der Waals surface area contributed by atoms with Gasteiger partial charge in [0.05, 0.1) is 6.42 Å². The van der Waals surface area contributed by atoms with E-state index in [0.29, 0.717) is 12.3 Å². The molecule has 0 aromatic carbocycles. The molecule has 9 atom stereocenters. The summed E-state index contributed by atoms with van der Waals surface area (Å²) in [5.41, 5.74) is -1.82. The van der Waals surface area contributed by atoms with Gasteiger partial charge in [0, 0.05) is 36.6 Å². The number of amides is 1. The second kappa shape index (κ2) is 9.83. The first kappa shape index (κ1) is 27.3. The van der Waals surface area contributed by atoms with Crippen molar-refractivity contribution in [2.75, 3.05) is 6.54 Å². The summed E-state index contributed by atoms with van der Waals surface area (Å²) in [5, 5.41) is 21.3. The number of hydrogen-bond donors (Lipinski definition) is 3. The van der Waals surface area contributed by atoms with Gasteiger partial charge in [-0.15, -0.1) is 0 Å². The molecule has 5 fully saturated rings. The van der Waals surface area contributed by atoms with Crippen LogP contribution in [0.4, 0.5) is 0 Å². The van der Waals surface area contributed by atoms with Crippen LogP contribution in [0.15, 0.2) is 0 Å². The van der Waals surface area contributed by atoms with E-state index in [1.807, 2.05) is 13.8 Å². The molecule has 5 aliphatic rings. The molecule has 4 saturated heterocycles. The fourth-order valence-corrected chi connectivity index (χ4v) is 6.26. The van der Waals surface area contributed by atoms with E-state index in [9.17, 15) is 19.5 Å². The Kier molecular flexibility index (Phi) is 7.44. The molecule has 1 amide bonds. The summed E-state index contributed by atoms with van der Waals surface area (Å²) in [4.78, 5) is 47.7. The van der Waals surface area contributed by atoms with Crippen molar-refractivity contribution in [1.82, 2.24) is 5.32 Å². The third-order valence-corrected chi connectivity index (χ3v) is 8.62. The Morgan fingerprint density at radius 2 is 1.83 bits per heavy atom. The number of aliphatic hydroxyl groups is 1. The van der Waals surface area contributed by atoms with Crippen molar-refractivity contribution in [3.05, 3.63) is 0 Å². The van der Waals surface area contributed by atoms with Crippen LogP contribution < -0.4 is 5.32 Å². The van der Waals surface area contributed by atoms with Gasteiger partial charge in [-0.25, -0.2) is 14.6 Å². The van der Waals surface area contributed by atoms with Gasteiger partial charge in [0.1, 0.15) is 0 Å². The third kappa shape index (κ3) is 4.88. The van der Waals surface area contributed by atoms with Crippen molar-refractivity contribution in [3.63, 3.8) is 0 Å². The number of esters is 1. The van der Waals surface area contributed by atoms with Crippen molar-refractivity contribution in [2.24, 2.45) is 29.1 Å². The van der Waals surface area contributed by atoms with Gasteiger partial charge in [-0.1, -0.05) is 27.7 Å². The lowest BCUT2D eigenvalue weighted by Crippen LogP contribution is -2.70. The number of carbonyl (C=O) groups is 3. The number of nitrogens with one attached hydrogen (secondary N) is 1. The SMILES string of the molecule is C[C@H]1[C@H](OC(=O)CCC(=O)NCC(C)(C)[C@@H](O)C(=O)O)O[C@@H]2O[C@@]3(C)CC[C@H]4[C@H](C)CC[C@@H]1[C@@]24OO3. The van der Waals surface area contributed by atoms with E-state index in [1.54, 1.807) is 0 Å². The second-order valence-electron chi connectivity index (χ2n) is 11.8. The molecule has 1 aliphatic carbocycles. The molecule has 11 nitrogen and oxygen atoms in total. The van der Waals surface area contributed by atoms with Crippen LogP contribution in [0.25, 0.3) is 0 Å². The van der Waals surface area contributed by atoms with E-state index in [0.717, 1.165) is 19.3 Å². The molecule has 2 bridgehead atoms. The van der Waals surface area contributed by atoms with Gasteiger partial charge in [-0.2, -0.15) is 0 Å². The summed E-state index contributed by atoms with van der Waals surface area (Å²) in [6.45, 7) is 9.04. The lowest BCUT2D eigenvalue weighted by Gasteiger charge is -2.59. The average molecular weight is 514 g/mol. The minimum absolute atomic E-state index is 0.0177. The molecule has 4 heterocycles. The van der Waals surface area contributed by atoms with Crippen LogP contribution in [0, 0.1) is 29.1 Å². The fourth-order valence-electron chi connectivity index (χ4n) is 6.26. The number of fused-ring (bicyclic) bond motifs is 2. The van der Waals surface area contributed by atoms with Crippen molar-refractivity contribution in [1.29, 1.82) is 0 Å². The lowest BCUT2D eigenvalue weighted by molar-refractivity contribution is -0.576. The highest BCUT2D eigenvalue weighted by molar-refractivity contribution is 5.81. The number of ether oxygens (including phenoxy) is 3. The van der Waals surface area contributed by atoms with Crippen LogP contribution in [0.1, 0.15) is 73.1 Å². The van der Waals surface area contributed by atoms with Gasteiger partial charge in [0.2, 0.25) is 18.0 Å². The molecule has 3 N–H and O–H groups in total. The van der Waals surface area contributed by atoms with Gasteiger partial charge >= 0.3 is 11.9 Å². The molecule has 0 radical (unpaired) electrons. The minimum Gasteiger partial charge on any atom is -0.479 e. The van der Waals surface area contributed by atoms with Crippen LogP contribution in [-0.4, -0.2) is 64.7 Å². The van der Waals surface area contributed by atoms with Gasteiger partial charge in [0.25, 0.3) is 0 Å². The van der Waals surface area contributed by atoms with Gasteiger partial charge in [-0.05, 0) is 38.0 Å². The summed E-state index contributed by atoms with van der Waals surface area (Å²) >= 11 is 0. The van der Waals surface area contributed by atoms with Crippen LogP contribution in [-0.2, 0) is 38.4 Å². The van der Waals surface area contributed by atoms with Gasteiger partial charge in [-0.3, -0.25) is 9.59 Å². The number of aliphatic hydroxyl groups excluding tert-OH is 1. The zero-order valence-electron chi connectivity index (χ0n) is 21.7. The van der Waals surface area contributed by atoms with Crippen LogP contribution in [0.3, 0.4) is 0 Å². The van der Waals surface area contributed by atoms with Crippen LogP contribution in [0.5, 0.6) is 0 Å². The van der Waals surface area contributed by atoms with E-state index in [2.05, 4.69) is 12.2 Å². The van der Waals surface area contributed by atoms with E-state index in [4.69, 9.17) is 29.1 Å². The molecule has 0 aromatic rings. The van der Waals surface area contributed by atoms with Crippen molar-refractivity contribution >= 4 is 17.8 Å². The summed E-state index contributed by atoms with van der Waals surface area (Å²) < 4.78 is 18.1. The van der Waals surface area contributed by atoms with Gasteiger partial charge < -0.3 is 29.7 Å². The molecule has 0 unspecified atom stereocenters. The number of aliphatic carboxylic acids is 1. The Morgan fingerprint density at radius 1 is 1.11 bits per heavy atom. The average Bonchev–Trinajstić information content (AvgIpc) is 3.05. The maximum Gasteiger partial charge on any atom is 0.333 e. The third-order valence-electron chi connectivity index (χ3n) is 8.62. The Morgan fingerprint density at radius 3 is 2.53 bits per heavy atom. The number of carbonyl (C=O) groups excluding carboxylic acids is 2. The fraction of sp³-hybridized carbons (Fsp3) is 0.880. The summed E-state index contributed by atoms with van der Waals surface area (Å²) in [6.07, 6.45) is -0.0108. The highest BCUT2D eigenvalue weighted by atomic mass is 17.3. The molecule has 11 heteroatoms. The van der Waals surface area contributed by atoms with Gasteiger partial charge in [0.15, 0.2) is 18.0 Å². The highest BCUT2D eigenvalue weighted by Crippen LogP contribution is 2.60. The standard InChI is InChI=1S/C25H39NO10/c1-13-6-7-16-14(2)21(33-22-25(16)15(13)10-11-24(5,34-22)35-36-25)32-18(28)9-8-17(27)26-12-23(3,4)19(29)20(30)31/h13-16,19,21-22,29H,6-12H2,1-5H3,(H,26,27)(H,30,31)/t13-,14-,15+,16+,19+,21-,22-,24-,25-/m1/s1. The van der Waals surface area contributed by atoms with Crippen LogP contribution >= 0.6 is 0 Å². The van der Waals surface area contributed by atoms with E-state index >= 15 is 0 Å². The Balaban J connectivity index is 1.35. The Hall–Kier alpha value is -1.79. The summed E-state index contributed by atoms with van der Waals surface area (Å²) in [7, 11) is 0. The number of carboxylic acid groups (broad SMARTS) is 1.